The molecule has 10 rings (SSSR count). The van der Waals surface area contributed by atoms with Crippen molar-refractivity contribution >= 4 is 46.6 Å². The smallest absolute Gasteiger partial charge is 0.255 e. The van der Waals surface area contributed by atoms with E-state index in [1.54, 1.807) is 16.1 Å². The molecule has 0 bridgehead atoms. The zero-order valence-corrected chi connectivity index (χ0v) is 39.2. The highest BCUT2D eigenvalue weighted by Crippen LogP contribution is 2.42. The zero-order valence-electron chi connectivity index (χ0n) is 39.2. The van der Waals surface area contributed by atoms with Crippen LogP contribution in [-0.4, -0.2) is 138 Å². The van der Waals surface area contributed by atoms with Crippen molar-refractivity contribution in [2.45, 2.75) is 102 Å². The summed E-state index contributed by atoms with van der Waals surface area (Å²) in [6.45, 7) is 12.3. The molecule has 7 heterocycles. The molecule has 1 aliphatic carbocycles. The molecule has 5 saturated heterocycles. The molecule has 1 aromatic heterocycles. The van der Waals surface area contributed by atoms with Crippen molar-refractivity contribution in [3.63, 3.8) is 0 Å². The van der Waals surface area contributed by atoms with E-state index in [0.717, 1.165) is 94.3 Å². The number of hydrogen-bond acceptors (Lipinski definition) is 12. The number of imide groups is 1. The first-order valence-corrected chi connectivity index (χ1v) is 24.5. The fraction of sp³-hybridized carbons (Fsp3) is 0.600. The van der Waals surface area contributed by atoms with Crippen LogP contribution in [0.3, 0.4) is 0 Å². The SMILES string of the molecule is CN(CCCNc1cccc2c1CN(C1CCC(=O)NC1=O)C2=O)[C@@H]1C[C@@H]2CN(c3cc(N4CCC5(CC4)CN(c4cc(F)c(CN6CCC(C)(C)CC6)cc4F)CC(=O)N5)ncn3)C[C@@H]2C1. The largest absolute Gasteiger partial charge is 0.385 e. The van der Waals surface area contributed by atoms with Crippen molar-refractivity contribution in [1.29, 1.82) is 0 Å². The number of carbonyl (C=O) groups is 4. The van der Waals surface area contributed by atoms with Gasteiger partial charge in [-0.15, -0.1) is 0 Å². The molecule has 4 amide bonds. The second-order valence-corrected chi connectivity index (χ2v) is 21.3. The molecular weight excluding hydrogens is 857 g/mol. The fourth-order valence-electron chi connectivity index (χ4n) is 12.1. The van der Waals surface area contributed by atoms with Crippen molar-refractivity contribution in [2.75, 3.05) is 92.5 Å². The average molecular weight is 922 g/mol. The van der Waals surface area contributed by atoms with E-state index < -0.39 is 29.1 Å². The van der Waals surface area contributed by atoms with E-state index in [9.17, 15) is 19.2 Å². The van der Waals surface area contributed by atoms with Gasteiger partial charge in [0.2, 0.25) is 17.7 Å². The van der Waals surface area contributed by atoms with Gasteiger partial charge in [-0.25, -0.2) is 18.7 Å². The highest BCUT2D eigenvalue weighted by molar-refractivity contribution is 6.06. The van der Waals surface area contributed by atoms with Gasteiger partial charge in [-0.05, 0) is 113 Å². The molecule has 3 aromatic rings. The number of anilines is 4. The summed E-state index contributed by atoms with van der Waals surface area (Å²) >= 11 is 0. The molecule has 15 nitrogen and oxygen atoms in total. The molecule has 1 unspecified atom stereocenters. The number of piperazine rings is 1. The number of piperidine rings is 3. The number of fused-ring (bicyclic) bond motifs is 2. The molecule has 17 heteroatoms. The van der Waals surface area contributed by atoms with Crippen LogP contribution in [0.25, 0.3) is 0 Å². The summed E-state index contributed by atoms with van der Waals surface area (Å²) in [6.07, 6.45) is 8.83. The zero-order chi connectivity index (χ0) is 46.6. The predicted molar refractivity (Wildman–Crippen MR) is 252 cm³/mol. The first-order valence-electron chi connectivity index (χ1n) is 24.5. The molecular formula is C50H65F2N11O4. The molecule has 7 aliphatic rings. The van der Waals surface area contributed by atoms with Gasteiger partial charge < -0.3 is 35.1 Å². The van der Waals surface area contributed by atoms with Gasteiger partial charge in [0.15, 0.2) is 0 Å². The van der Waals surface area contributed by atoms with Crippen LogP contribution in [0, 0.1) is 28.9 Å². The standard InChI is InChI=1S/C50H65F2N11O4/c1-49(2)10-16-59(17-11-49)25-34-22-39(52)42(23-38(34)51)62-29-46(65)57-50(30-62)12-18-60(19-13-50)43-24-44(55-31-54-43)61-26-32-20-35(21-33(32)27-61)58(3)15-5-14-53-40-7-4-6-36-37(40)28-63(48(36)67)41-8-9-45(64)56-47(41)66/h4,6-7,22-24,31-33,35,41,53H,5,8-21,25-30H2,1-3H3,(H,57,65)(H,56,64,66)/t32-,33+,35-,41?. The molecule has 3 N–H and O–H groups in total. The maximum Gasteiger partial charge on any atom is 0.255 e. The van der Waals surface area contributed by atoms with Crippen molar-refractivity contribution in [3.05, 3.63) is 71.1 Å². The molecule has 4 atom stereocenters. The van der Waals surface area contributed by atoms with Crippen molar-refractivity contribution in [2.24, 2.45) is 17.3 Å². The quantitative estimate of drug-likeness (QED) is 0.170. The van der Waals surface area contributed by atoms with Gasteiger partial charge in [-0.2, -0.15) is 0 Å². The van der Waals surface area contributed by atoms with E-state index in [-0.39, 0.29) is 41.8 Å². The third-order valence-corrected chi connectivity index (χ3v) is 16.2. The van der Waals surface area contributed by atoms with E-state index in [1.807, 2.05) is 18.2 Å². The number of rotatable bonds is 12. The van der Waals surface area contributed by atoms with Crippen LogP contribution in [-0.2, 0) is 27.5 Å². The monoisotopic (exact) mass is 922 g/mol. The van der Waals surface area contributed by atoms with Crippen LogP contribution in [0.4, 0.5) is 31.8 Å². The predicted octanol–water partition coefficient (Wildman–Crippen LogP) is 4.76. The topological polar surface area (TPSA) is 150 Å². The summed E-state index contributed by atoms with van der Waals surface area (Å²) in [6, 6.07) is 10.3. The van der Waals surface area contributed by atoms with Crippen molar-refractivity contribution < 1.29 is 28.0 Å². The lowest BCUT2D eigenvalue weighted by atomic mass is 9.82. The number of carbonyl (C=O) groups excluding carboxylic acids is 4. The number of amides is 4. The highest BCUT2D eigenvalue weighted by Gasteiger charge is 2.45. The van der Waals surface area contributed by atoms with Crippen LogP contribution >= 0.6 is 0 Å². The third kappa shape index (κ3) is 9.42. The van der Waals surface area contributed by atoms with Crippen molar-refractivity contribution in [1.82, 2.24) is 35.3 Å². The lowest BCUT2D eigenvalue weighted by molar-refractivity contribution is -0.137. The fourth-order valence-corrected chi connectivity index (χ4v) is 12.1. The molecule has 2 aromatic carbocycles. The van der Waals surface area contributed by atoms with E-state index in [4.69, 9.17) is 4.98 Å². The third-order valence-electron chi connectivity index (χ3n) is 16.2. The minimum absolute atomic E-state index is 0.0116. The van der Waals surface area contributed by atoms with Crippen LogP contribution in [0.2, 0.25) is 0 Å². The summed E-state index contributed by atoms with van der Waals surface area (Å²) in [7, 11) is 2.22. The van der Waals surface area contributed by atoms with Crippen molar-refractivity contribution in [3.8, 4) is 0 Å². The molecule has 6 aliphatic heterocycles. The lowest BCUT2D eigenvalue weighted by Gasteiger charge is -2.48. The van der Waals surface area contributed by atoms with Gasteiger partial charge >= 0.3 is 0 Å². The van der Waals surface area contributed by atoms with E-state index in [2.05, 4.69) is 67.5 Å². The Balaban J connectivity index is 0.682. The molecule has 6 fully saturated rings. The van der Waals surface area contributed by atoms with Gasteiger partial charge in [0.25, 0.3) is 5.91 Å². The number of aromatic nitrogens is 2. The Morgan fingerprint density at radius 2 is 1.58 bits per heavy atom. The first kappa shape index (κ1) is 45.4. The second-order valence-electron chi connectivity index (χ2n) is 21.3. The lowest BCUT2D eigenvalue weighted by Crippen LogP contribution is -2.66. The van der Waals surface area contributed by atoms with E-state index in [1.165, 1.54) is 12.1 Å². The van der Waals surface area contributed by atoms with Crippen LogP contribution in [0.15, 0.2) is 42.7 Å². The van der Waals surface area contributed by atoms with E-state index in [0.29, 0.717) is 81.0 Å². The summed E-state index contributed by atoms with van der Waals surface area (Å²) in [5.41, 5.74) is 2.67. The number of likely N-dealkylation sites (tertiary alicyclic amines) is 1. The van der Waals surface area contributed by atoms with Crippen LogP contribution in [0.1, 0.15) is 93.1 Å². The second kappa shape index (κ2) is 18.2. The maximum atomic E-state index is 15.8. The normalized spacial score (nSPS) is 26.1. The number of hydrogen-bond donors (Lipinski definition) is 3. The molecule has 1 saturated carbocycles. The Morgan fingerprint density at radius 3 is 2.31 bits per heavy atom. The number of nitrogens with one attached hydrogen (secondary N) is 3. The Kier molecular flexibility index (Phi) is 12.4. The summed E-state index contributed by atoms with van der Waals surface area (Å²) in [5.74, 6) is 1.03. The summed E-state index contributed by atoms with van der Waals surface area (Å²) in [5, 5.41) is 9.17. The van der Waals surface area contributed by atoms with Gasteiger partial charge in [0.1, 0.15) is 35.6 Å². The van der Waals surface area contributed by atoms with Gasteiger partial charge in [-0.1, -0.05) is 19.9 Å². The highest BCUT2D eigenvalue weighted by atomic mass is 19.1. The minimum atomic E-state index is -0.630. The summed E-state index contributed by atoms with van der Waals surface area (Å²) < 4.78 is 31.3. The molecule has 0 radical (unpaired) electrons. The number of halogens is 2. The Labute approximate surface area is 392 Å². The molecule has 67 heavy (non-hydrogen) atoms. The average Bonchev–Trinajstić information content (AvgIpc) is 4.00. The van der Waals surface area contributed by atoms with Gasteiger partial charge in [0, 0.05) is 99.3 Å². The van der Waals surface area contributed by atoms with E-state index >= 15 is 8.78 Å². The van der Waals surface area contributed by atoms with Crippen LogP contribution < -0.4 is 30.7 Å². The Hall–Kier alpha value is -5.42. The number of nitrogens with zero attached hydrogens (tertiary/aromatic N) is 8. The van der Waals surface area contributed by atoms with Gasteiger partial charge in [-0.3, -0.25) is 29.4 Å². The maximum absolute atomic E-state index is 15.8. The van der Waals surface area contributed by atoms with Gasteiger partial charge in [0.05, 0.1) is 17.8 Å². The van der Waals surface area contributed by atoms with Crippen LogP contribution in [0.5, 0.6) is 0 Å². The molecule has 358 valence electrons. The first-order chi connectivity index (χ1) is 32.2. The summed E-state index contributed by atoms with van der Waals surface area (Å²) in [4.78, 5) is 72.7. The number of benzene rings is 2. The Bertz CT molecular complexity index is 2390. The minimum Gasteiger partial charge on any atom is -0.385 e. The Morgan fingerprint density at radius 1 is 0.851 bits per heavy atom. The molecule has 1 spiro atoms.